The van der Waals surface area contributed by atoms with Gasteiger partial charge in [-0.2, -0.15) is 4.98 Å². The summed E-state index contributed by atoms with van der Waals surface area (Å²) in [6.07, 6.45) is 0. The Bertz CT molecular complexity index is 1480. The molecule has 1 atom stereocenters. The van der Waals surface area contributed by atoms with E-state index in [1.807, 2.05) is 84.6 Å². The number of benzene rings is 3. The summed E-state index contributed by atoms with van der Waals surface area (Å²) in [5, 5.41) is 8.27. The number of fused-ring (bicyclic) bond motifs is 1. The van der Waals surface area contributed by atoms with E-state index in [2.05, 4.69) is 10.5 Å². The number of nitrogens with zero attached hydrogens (tertiary/aromatic N) is 3. The van der Waals surface area contributed by atoms with Crippen LogP contribution in [0.15, 0.2) is 83.0 Å². The molecule has 3 aromatic carbocycles. The van der Waals surface area contributed by atoms with Gasteiger partial charge in [0.25, 0.3) is 5.89 Å². The Morgan fingerprint density at radius 2 is 1.83 bits per heavy atom. The van der Waals surface area contributed by atoms with Gasteiger partial charge in [-0.15, -0.1) is 0 Å². The molecule has 1 unspecified atom stereocenters. The number of hydrogen-bond acceptors (Lipinski definition) is 7. The second-order valence-electron chi connectivity index (χ2n) is 8.32. The van der Waals surface area contributed by atoms with Crippen molar-refractivity contribution in [2.45, 2.75) is 13.0 Å². The van der Waals surface area contributed by atoms with Crippen molar-refractivity contribution < 1.29 is 18.7 Å². The highest BCUT2D eigenvalue weighted by Crippen LogP contribution is 2.42. The first-order valence-corrected chi connectivity index (χ1v) is 11.8. The van der Waals surface area contributed by atoms with Gasteiger partial charge in [-0.05, 0) is 49.0 Å². The number of thiocarbonyl (C=S) groups is 1. The van der Waals surface area contributed by atoms with Crippen LogP contribution < -0.4 is 24.4 Å². The maximum atomic E-state index is 5.85. The van der Waals surface area contributed by atoms with Gasteiger partial charge in [-0.3, -0.25) is 4.90 Å². The highest BCUT2D eigenvalue weighted by Gasteiger charge is 2.35. The quantitative estimate of drug-likeness (QED) is 0.367. The summed E-state index contributed by atoms with van der Waals surface area (Å²) >= 11 is 5.85. The van der Waals surface area contributed by atoms with Crippen LogP contribution in [0.1, 0.15) is 24.4 Å². The lowest BCUT2D eigenvalue weighted by Gasteiger charge is -2.37. The molecule has 180 valence electrons. The molecule has 0 bridgehead atoms. The first-order valence-electron chi connectivity index (χ1n) is 11.4. The maximum Gasteiger partial charge on any atom is 0.258 e. The van der Waals surface area contributed by atoms with E-state index in [0.29, 0.717) is 28.3 Å². The molecular formula is C27H22N4O4S. The van der Waals surface area contributed by atoms with Crippen LogP contribution in [-0.2, 0) is 0 Å². The predicted octanol–water partition coefficient (Wildman–Crippen LogP) is 5.34. The molecule has 4 aromatic rings. The summed E-state index contributed by atoms with van der Waals surface area (Å²) in [7, 11) is 1.64. The summed E-state index contributed by atoms with van der Waals surface area (Å²) in [5.74, 6) is 3.03. The number of aromatic nitrogens is 2. The van der Waals surface area contributed by atoms with Crippen molar-refractivity contribution in [1.82, 2.24) is 15.5 Å². The van der Waals surface area contributed by atoms with Crippen LogP contribution in [0.5, 0.6) is 17.2 Å². The molecule has 0 saturated carbocycles. The lowest BCUT2D eigenvalue weighted by Crippen LogP contribution is -2.46. The van der Waals surface area contributed by atoms with Gasteiger partial charge in [-0.1, -0.05) is 47.6 Å². The first-order chi connectivity index (χ1) is 17.6. The minimum absolute atomic E-state index is 0.198. The maximum absolute atomic E-state index is 5.85. The fourth-order valence-electron chi connectivity index (χ4n) is 4.46. The van der Waals surface area contributed by atoms with Crippen LogP contribution >= 0.6 is 12.2 Å². The molecule has 2 aliphatic rings. The van der Waals surface area contributed by atoms with Gasteiger partial charge in [0.2, 0.25) is 12.6 Å². The average molecular weight is 499 g/mol. The zero-order valence-electron chi connectivity index (χ0n) is 19.6. The van der Waals surface area contributed by atoms with Crippen LogP contribution in [0, 0.1) is 0 Å². The van der Waals surface area contributed by atoms with E-state index in [1.165, 1.54) is 0 Å². The third-order valence-electron chi connectivity index (χ3n) is 6.21. The minimum atomic E-state index is -0.332. The van der Waals surface area contributed by atoms with E-state index >= 15 is 0 Å². The van der Waals surface area contributed by atoms with Gasteiger partial charge in [0, 0.05) is 17.3 Å². The number of anilines is 1. The van der Waals surface area contributed by atoms with E-state index in [0.717, 1.165) is 33.8 Å². The number of methoxy groups -OCH3 is 1. The zero-order valence-corrected chi connectivity index (χ0v) is 20.4. The summed E-state index contributed by atoms with van der Waals surface area (Å²) in [6, 6.07) is 23.0. The molecule has 6 rings (SSSR count). The fraction of sp³-hybridized carbons (Fsp3) is 0.148. The number of rotatable bonds is 5. The van der Waals surface area contributed by atoms with Crippen molar-refractivity contribution in [3.05, 3.63) is 89.9 Å². The highest BCUT2D eigenvalue weighted by atomic mass is 32.1. The van der Waals surface area contributed by atoms with Crippen LogP contribution in [0.3, 0.4) is 0 Å². The lowest BCUT2D eigenvalue weighted by atomic mass is 9.94. The van der Waals surface area contributed by atoms with E-state index in [-0.39, 0.29) is 12.8 Å². The van der Waals surface area contributed by atoms with Gasteiger partial charge in [0.05, 0.1) is 24.4 Å². The molecule has 0 aliphatic carbocycles. The smallest absolute Gasteiger partial charge is 0.258 e. The van der Waals surface area contributed by atoms with Crippen molar-refractivity contribution in [1.29, 1.82) is 0 Å². The second kappa shape index (κ2) is 9.01. The first kappa shape index (κ1) is 22.1. The highest BCUT2D eigenvalue weighted by molar-refractivity contribution is 7.80. The molecule has 0 amide bonds. The Hall–Kier alpha value is -4.37. The summed E-state index contributed by atoms with van der Waals surface area (Å²) in [5.41, 5.74) is 4.32. The van der Waals surface area contributed by atoms with Crippen LogP contribution in [-0.4, -0.2) is 29.2 Å². The molecule has 36 heavy (non-hydrogen) atoms. The van der Waals surface area contributed by atoms with Gasteiger partial charge < -0.3 is 24.1 Å². The SMILES string of the molecule is COc1cccc(C2NC(=S)N(c3ccc4c(c3)OCO4)C(C)=C2c2nc(-c3ccccc3)no2)c1. The van der Waals surface area contributed by atoms with E-state index < -0.39 is 0 Å². The Balaban J connectivity index is 1.49. The van der Waals surface area contributed by atoms with Gasteiger partial charge in [-0.25, -0.2) is 0 Å². The number of allylic oxidation sites excluding steroid dienone is 1. The van der Waals surface area contributed by atoms with Crippen LogP contribution in [0.25, 0.3) is 17.0 Å². The van der Waals surface area contributed by atoms with Crippen LogP contribution in [0.2, 0.25) is 0 Å². The molecule has 1 N–H and O–H groups in total. The molecule has 3 heterocycles. The normalized spacial score (nSPS) is 16.8. The Labute approximate surface area is 213 Å². The summed E-state index contributed by atoms with van der Waals surface area (Å²) < 4.78 is 22.4. The Kier molecular flexibility index (Phi) is 5.54. The minimum Gasteiger partial charge on any atom is -0.497 e. The largest absolute Gasteiger partial charge is 0.497 e. The van der Waals surface area contributed by atoms with Gasteiger partial charge in [0.15, 0.2) is 16.6 Å². The fourth-order valence-corrected chi connectivity index (χ4v) is 4.82. The molecule has 1 aromatic heterocycles. The van der Waals surface area contributed by atoms with E-state index in [9.17, 15) is 0 Å². The van der Waals surface area contributed by atoms with E-state index in [1.54, 1.807) is 7.11 Å². The summed E-state index contributed by atoms with van der Waals surface area (Å²) in [6.45, 7) is 2.19. The molecule has 0 fully saturated rings. The lowest BCUT2D eigenvalue weighted by molar-refractivity contribution is 0.174. The molecule has 0 saturated heterocycles. The molecule has 9 heteroatoms. The standard InChI is InChI=1S/C27H22N4O4S/c1-16-23(26-29-25(30-35-26)17-7-4-3-5-8-17)24(18-9-6-10-20(13-18)32-2)28-27(36)31(16)19-11-12-21-22(14-19)34-15-33-21/h3-14,24H,15H2,1-2H3,(H,28,36). The van der Waals surface area contributed by atoms with Crippen molar-refractivity contribution >= 4 is 28.6 Å². The zero-order chi connectivity index (χ0) is 24.6. The number of hydrogen-bond donors (Lipinski definition) is 1. The third-order valence-corrected chi connectivity index (χ3v) is 6.52. The molecule has 0 radical (unpaired) electrons. The van der Waals surface area contributed by atoms with Crippen molar-refractivity contribution in [2.75, 3.05) is 18.8 Å². The predicted molar refractivity (Wildman–Crippen MR) is 139 cm³/mol. The van der Waals surface area contributed by atoms with Crippen LogP contribution in [0.4, 0.5) is 5.69 Å². The molecular weight excluding hydrogens is 476 g/mol. The third kappa shape index (κ3) is 3.83. The molecule has 2 aliphatic heterocycles. The van der Waals surface area contributed by atoms with Crippen molar-refractivity contribution in [3.8, 4) is 28.6 Å². The van der Waals surface area contributed by atoms with Crippen molar-refractivity contribution in [2.24, 2.45) is 0 Å². The Morgan fingerprint density at radius 1 is 1.00 bits per heavy atom. The van der Waals surface area contributed by atoms with E-state index in [4.69, 9.17) is 35.9 Å². The molecule has 8 nitrogen and oxygen atoms in total. The molecule has 0 spiro atoms. The van der Waals surface area contributed by atoms with Gasteiger partial charge >= 0.3 is 0 Å². The summed E-state index contributed by atoms with van der Waals surface area (Å²) in [4.78, 5) is 6.70. The van der Waals surface area contributed by atoms with Gasteiger partial charge in [0.1, 0.15) is 5.75 Å². The average Bonchev–Trinajstić information content (AvgIpc) is 3.59. The number of nitrogens with one attached hydrogen (secondary N) is 1. The topological polar surface area (TPSA) is 81.9 Å². The number of ether oxygens (including phenoxy) is 3. The Morgan fingerprint density at radius 3 is 2.67 bits per heavy atom. The van der Waals surface area contributed by atoms with Crippen molar-refractivity contribution in [3.63, 3.8) is 0 Å². The second-order valence-corrected chi connectivity index (χ2v) is 8.71. The monoisotopic (exact) mass is 498 g/mol.